The van der Waals surface area contributed by atoms with E-state index in [1.807, 2.05) is 19.1 Å². The van der Waals surface area contributed by atoms with E-state index in [0.29, 0.717) is 5.75 Å². The number of hydrogen-bond acceptors (Lipinski definition) is 1. The molecule has 0 aromatic heterocycles. The van der Waals surface area contributed by atoms with E-state index in [2.05, 4.69) is 0 Å². The van der Waals surface area contributed by atoms with Gasteiger partial charge in [-0.2, -0.15) is 0 Å². The van der Waals surface area contributed by atoms with Gasteiger partial charge < -0.3 is 4.74 Å². The molecule has 0 atom stereocenters. The fraction of sp³-hybridized carbons (Fsp3) is 0.200. The van der Waals surface area contributed by atoms with Gasteiger partial charge in [0.1, 0.15) is 12.4 Å². The molecule has 0 spiro atoms. The van der Waals surface area contributed by atoms with Gasteiger partial charge in [-0.3, -0.25) is 0 Å². The highest BCUT2D eigenvalue weighted by Gasteiger charge is 2.10. The lowest BCUT2D eigenvalue weighted by atomic mass is 10.2. The van der Waals surface area contributed by atoms with E-state index in [0.717, 1.165) is 18.6 Å². The zero-order valence-corrected chi connectivity index (χ0v) is 10.4. The van der Waals surface area contributed by atoms with Crippen LogP contribution in [0.3, 0.4) is 0 Å². The van der Waals surface area contributed by atoms with Gasteiger partial charge in [0.25, 0.3) is 0 Å². The lowest BCUT2D eigenvalue weighted by Crippen LogP contribution is -1.99. The van der Waals surface area contributed by atoms with Crippen LogP contribution in [0.25, 0.3) is 0 Å². The molecule has 0 aliphatic rings. The van der Waals surface area contributed by atoms with E-state index in [1.54, 1.807) is 12.1 Å². The molecule has 0 unspecified atom stereocenters. The summed E-state index contributed by atoms with van der Waals surface area (Å²) in [6.07, 6.45) is 0.925. The van der Waals surface area contributed by atoms with Gasteiger partial charge in [0.05, 0.1) is 0 Å². The molecule has 4 heteroatoms. The SMILES string of the molecule is CCc1ccc(OCc2cc(F)c(F)c(F)c2)cc1. The first-order chi connectivity index (χ1) is 9.10. The van der Waals surface area contributed by atoms with Crippen molar-refractivity contribution in [2.75, 3.05) is 0 Å². The van der Waals surface area contributed by atoms with Gasteiger partial charge in [-0.25, -0.2) is 13.2 Å². The average Bonchev–Trinajstić information content (AvgIpc) is 2.43. The molecule has 0 aliphatic heterocycles. The Morgan fingerprint density at radius 3 is 2.00 bits per heavy atom. The Hall–Kier alpha value is -1.97. The maximum Gasteiger partial charge on any atom is 0.194 e. The molecule has 0 aliphatic carbocycles. The van der Waals surface area contributed by atoms with E-state index >= 15 is 0 Å². The Labute approximate surface area is 109 Å². The number of rotatable bonds is 4. The highest BCUT2D eigenvalue weighted by molar-refractivity contribution is 5.28. The Morgan fingerprint density at radius 2 is 1.47 bits per heavy atom. The van der Waals surface area contributed by atoms with Crippen LogP contribution in [0.5, 0.6) is 5.75 Å². The predicted octanol–water partition coefficient (Wildman–Crippen LogP) is 4.25. The summed E-state index contributed by atoms with van der Waals surface area (Å²) in [5.41, 5.74) is 1.42. The van der Waals surface area contributed by atoms with Crippen molar-refractivity contribution in [1.29, 1.82) is 0 Å². The first-order valence-electron chi connectivity index (χ1n) is 5.95. The summed E-state index contributed by atoms with van der Waals surface area (Å²) in [6.45, 7) is 2.03. The van der Waals surface area contributed by atoms with Crippen molar-refractivity contribution < 1.29 is 17.9 Å². The Balaban J connectivity index is 2.05. The second-order valence-electron chi connectivity index (χ2n) is 4.16. The van der Waals surface area contributed by atoms with Crippen molar-refractivity contribution in [3.63, 3.8) is 0 Å². The van der Waals surface area contributed by atoms with Crippen LogP contribution in [0.2, 0.25) is 0 Å². The summed E-state index contributed by atoms with van der Waals surface area (Å²) in [6, 6.07) is 9.27. The highest BCUT2D eigenvalue weighted by Crippen LogP contribution is 2.17. The number of halogens is 3. The Morgan fingerprint density at radius 1 is 0.895 bits per heavy atom. The van der Waals surface area contributed by atoms with Crippen LogP contribution in [0.1, 0.15) is 18.1 Å². The van der Waals surface area contributed by atoms with Crippen LogP contribution < -0.4 is 4.74 Å². The minimum absolute atomic E-state index is 0.0143. The maximum absolute atomic E-state index is 13.0. The minimum atomic E-state index is -1.46. The summed E-state index contributed by atoms with van der Waals surface area (Å²) in [5, 5.41) is 0. The van der Waals surface area contributed by atoms with Crippen molar-refractivity contribution in [1.82, 2.24) is 0 Å². The van der Waals surface area contributed by atoms with Crippen molar-refractivity contribution in [2.45, 2.75) is 20.0 Å². The smallest absolute Gasteiger partial charge is 0.194 e. The summed E-state index contributed by atoms with van der Waals surface area (Å²) < 4.78 is 44.1. The molecular formula is C15H13F3O. The van der Waals surface area contributed by atoms with Gasteiger partial charge in [0.2, 0.25) is 0 Å². The fourth-order valence-corrected chi connectivity index (χ4v) is 1.68. The molecule has 0 radical (unpaired) electrons. The van der Waals surface area contributed by atoms with Crippen LogP contribution in [0.15, 0.2) is 36.4 Å². The lowest BCUT2D eigenvalue weighted by Gasteiger charge is -2.07. The highest BCUT2D eigenvalue weighted by atomic mass is 19.2. The summed E-state index contributed by atoms with van der Waals surface area (Å²) in [5.74, 6) is -3.28. The molecule has 0 saturated heterocycles. The van der Waals surface area contributed by atoms with Crippen LogP contribution in [-0.2, 0) is 13.0 Å². The molecule has 2 aromatic carbocycles. The molecule has 0 heterocycles. The fourth-order valence-electron chi connectivity index (χ4n) is 1.68. The number of aryl methyl sites for hydroxylation is 1. The predicted molar refractivity (Wildman–Crippen MR) is 66.5 cm³/mol. The molecule has 0 saturated carbocycles. The molecule has 2 rings (SSSR count). The average molecular weight is 266 g/mol. The van der Waals surface area contributed by atoms with Gasteiger partial charge in [-0.15, -0.1) is 0 Å². The number of ether oxygens (including phenoxy) is 1. The molecule has 100 valence electrons. The standard InChI is InChI=1S/C15H13F3O/c1-2-10-3-5-12(6-4-10)19-9-11-7-13(16)15(18)14(17)8-11/h3-8H,2,9H2,1H3. The van der Waals surface area contributed by atoms with E-state index in [4.69, 9.17) is 4.74 Å². The molecule has 0 amide bonds. The van der Waals surface area contributed by atoms with Gasteiger partial charge >= 0.3 is 0 Å². The first kappa shape index (κ1) is 13.5. The molecule has 1 nitrogen and oxygen atoms in total. The summed E-state index contributed by atoms with van der Waals surface area (Å²) in [7, 11) is 0. The molecule has 2 aromatic rings. The molecule has 0 fully saturated rings. The van der Waals surface area contributed by atoms with Crippen LogP contribution in [-0.4, -0.2) is 0 Å². The second kappa shape index (κ2) is 5.78. The van der Waals surface area contributed by atoms with Crippen molar-refractivity contribution >= 4 is 0 Å². The number of hydrogen-bond donors (Lipinski definition) is 0. The van der Waals surface area contributed by atoms with Crippen molar-refractivity contribution in [3.05, 3.63) is 65.0 Å². The van der Waals surface area contributed by atoms with Gasteiger partial charge in [-0.05, 0) is 41.8 Å². The topological polar surface area (TPSA) is 9.23 Å². The quantitative estimate of drug-likeness (QED) is 0.752. The first-order valence-corrected chi connectivity index (χ1v) is 5.95. The largest absolute Gasteiger partial charge is 0.489 e. The van der Waals surface area contributed by atoms with E-state index < -0.39 is 17.5 Å². The third-order valence-electron chi connectivity index (χ3n) is 2.78. The zero-order valence-electron chi connectivity index (χ0n) is 10.4. The zero-order chi connectivity index (χ0) is 13.8. The normalized spacial score (nSPS) is 10.5. The summed E-state index contributed by atoms with van der Waals surface area (Å²) >= 11 is 0. The third-order valence-corrected chi connectivity index (χ3v) is 2.78. The van der Waals surface area contributed by atoms with Crippen molar-refractivity contribution in [3.8, 4) is 5.75 Å². The van der Waals surface area contributed by atoms with E-state index in [9.17, 15) is 13.2 Å². The third kappa shape index (κ3) is 3.28. The molecular weight excluding hydrogens is 253 g/mol. The lowest BCUT2D eigenvalue weighted by molar-refractivity contribution is 0.303. The number of benzene rings is 2. The van der Waals surface area contributed by atoms with Crippen LogP contribution >= 0.6 is 0 Å². The molecule has 0 N–H and O–H groups in total. The molecule has 0 bridgehead atoms. The van der Waals surface area contributed by atoms with Gasteiger partial charge in [0, 0.05) is 0 Å². The van der Waals surface area contributed by atoms with Gasteiger partial charge in [-0.1, -0.05) is 19.1 Å². The Kier molecular flexibility index (Phi) is 4.10. The van der Waals surface area contributed by atoms with Crippen LogP contribution in [0, 0.1) is 17.5 Å². The van der Waals surface area contributed by atoms with E-state index in [1.165, 1.54) is 5.56 Å². The van der Waals surface area contributed by atoms with E-state index in [-0.39, 0.29) is 12.2 Å². The summed E-state index contributed by atoms with van der Waals surface area (Å²) in [4.78, 5) is 0. The second-order valence-corrected chi connectivity index (χ2v) is 4.16. The monoisotopic (exact) mass is 266 g/mol. The molecule has 19 heavy (non-hydrogen) atoms. The van der Waals surface area contributed by atoms with Crippen LogP contribution in [0.4, 0.5) is 13.2 Å². The van der Waals surface area contributed by atoms with Gasteiger partial charge in [0.15, 0.2) is 17.5 Å². The Bertz CT molecular complexity index is 541. The minimum Gasteiger partial charge on any atom is -0.489 e. The maximum atomic E-state index is 13.0. The van der Waals surface area contributed by atoms with Crippen molar-refractivity contribution in [2.24, 2.45) is 0 Å².